The Morgan fingerprint density at radius 2 is 2.07 bits per heavy atom. The Morgan fingerprint density at radius 3 is 2.74 bits per heavy atom. The molecular weight excluding hydrogens is 344 g/mol. The Labute approximate surface area is 161 Å². The topological polar surface area (TPSA) is 51.2 Å². The number of carbonyl (C=O) groups is 1. The van der Waals surface area contributed by atoms with E-state index >= 15 is 0 Å². The molecule has 1 amide bonds. The SMILES string of the molecule is CCOc1cc(C=CC(=O)N2CCN(CC3CCCO3)CC2)ccc1OC. The quantitative estimate of drug-likeness (QED) is 0.686. The Bertz CT molecular complexity index is 648. The molecule has 1 aromatic rings. The molecule has 1 aromatic carbocycles. The summed E-state index contributed by atoms with van der Waals surface area (Å²) in [6.45, 7) is 7.75. The summed E-state index contributed by atoms with van der Waals surface area (Å²) in [5.41, 5.74) is 0.921. The van der Waals surface area contributed by atoms with Crippen molar-refractivity contribution in [2.24, 2.45) is 0 Å². The van der Waals surface area contributed by atoms with Gasteiger partial charge in [0.05, 0.1) is 19.8 Å². The number of piperazine rings is 1. The van der Waals surface area contributed by atoms with Gasteiger partial charge in [-0.1, -0.05) is 6.07 Å². The number of carbonyl (C=O) groups excluding carboxylic acids is 1. The minimum Gasteiger partial charge on any atom is -0.493 e. The van der Waals surface area contributed by atoms with E-state index in [1.54, 1.807) is 13.2 Å². The molecule has 27 heavy (non-hydrogen) atoms. The van der Waals surface area contributed by atoms with Gasteiger partial charge in [0.15, 0.2) is 11.5 Å². The summed E-state index contributed by atoms with van der Waals surface area (Å²) in [5.74, 6) is 1.44. The lowest BCUT2D eigenvalue weighted by Crippen LogP contribution is -2.50. The molecule has 3 rings (SSSR count). The molecule has 0 aromatic heterocycles. The standard InChI is InChI=1S/C21H30N2O4/c1-3-26-20-15-17(6-8-19(20)25-2)7-9-21(24)23-12-10-22(11-13-23)16-18-5-4-14-27-18/h6-9,15,18H,3-5,10-14,16H2,1-2H3. The van der Waals surface area contributed by atoms with Crippen LogP contribution in [-0.4, -0.2) is 74.9 Å². The maximum Gasteiger partial charge on any atom is 0.246 e. The van der Waals surface area contributed by atoms with Crippen molar-refractivity contribution in [3.8, 4) is 11.5 Å². The molecule has 2 aliphatic heterocycles. The van der Waals surface area contributed by atoms with E-state index < -0.39 is 0 Å². The number of nitrogens with zero attached hydrogens (tertiary/aromatic N) is 2. The monoisotopic (exact) mass is 374 g/mol. The van der Waals surface area contributed by atoms with Crippen LogP contribution < -0.4 is 9.47 Å². The number of hydrogen-bond acceptors (Lipinski definition) is 5. The van der Waals surface area contributed by atoms with Crippen molar-refractivity contribution in [1.29, 1.82) is 0 Å². The highest BCUT2D eigenvalue weighted by atomic mass is 16.5. The van der Waals surface area contributed by atoms with Gasteiger partial charge >= 0.3 is 0 Å². The summed E-state index contributed by atoms with van der Waals surface area (Å²) in [6, 6.07) is 5.68. The first-order valence-corrected chi connectivity index (χ1v) is 9.81. The van der Waals surface area contributed by atoms with E-state index in [9.17, 15) is 4.79 Å². The number of methoxy groups -OCH3 is 1. The fraction of sp³-hybridized carbons (Fsp3) is 0.571. The van der Waals surface area contributed by atoms with Crippen molar-refractivity contribution >= 4 is 12.0 Å². The Balaban J connectivity index is 1.50. The predicted molar refractivity (Wildman–Crippen MR) is 105 cm³/mol. The molecule has 0 saturated carbocycles. The molecule has 0 aliphatic carbocycles. The van der Waals surface area contributed by atoms with E-state index in [0.29, 0.717) is 24.2 Å². The summed E-state index contributed by atoms with van der Waals surface area (Å²) in [4.78, 5) is 16.8. The molecule has 1 unspecified atom stereocenters. The molecule has 2 heterocycles. The molecule has 148 valence electrons. The Kier molecular flexibility index (Phi) is 7.12. The lowest BCUT2D eigenvalue weighted by atomic mass is 10.1. The third-order valence-corrected chi connectivity index (χ3v) is 5.08. The largest absolute Gasteiger partial charge is 0.493 e. The molecule has 0 spiro atoms. The minimum atomic E-state index is 0.0561. The van der Waals surface area contributed by atoms with Gasteiger partial charge in [0.25, 0.3) is 0 Å². The van der Waals surface area contributed by atoms with E-state index in [1.165, 1.54) is 6.42 Å². The van der Waals surface area contributed by atoms with Gasteiger partial charge in [-0.05, 0) is 43.5 Å². The third kappa shape index (κ3) is 5.47. The first-order valence-electron chi connectivity index (χ1n) is 9.81. The van der Waals surface area contributed by atoms with Crippen LogP contribution >= 0.6 is 0 Å². The molecule has 2 fully saturated rings. The normalized spacial score (nSPS) is 21.0. The van der Waals surface area contributed by atoms with E-state index in [2.05, 4.69) is 4.90 Å². The smallest absolute Gasteiger partial charge is 0.246 e. The number of benzene rings is 1. The Hall–Kier alpha value is -2.05. The van der Waals surface area contributed by atoms with Gasteiger partial charge in [-0.3, -0.25) is 9.69 Å². The molecule has 2 aliphatic rings. The lowest BCUT2D eigenvalue weighted by molar-refractivity contribution is -0.127. The van der Waals surface area contributed by atoms with Crippen LogP contribution in [0.25, 0.3) is 6.08 Å². The fourth-order valence-corrected chi connectivity index (χ4v) is 3.57. The zero-order chi connectivity index (χ0) is 19.1. The maximum absolute atomic E-state index is 12.5. The zero-order valence-electron chi connectivity index (χ0n) is 16.4. The summed E-state index contributed by atoms with van der Waals surface area (Å²) >= 11 is 0. The molecule has 1 atom stereocenters. The van der Waals surface area contributed by atoms with Crippen LogP contribution in [0, 0.1) is 0 Å². The van der Waals surface area contributed by atoms with Crippen LogP contribution in [-0.2, 0) is 9.53 Å². The third-order valence-electron chi connectivity index (χ3n) is 5.08. The van der Waals surface area contributed by atoms with E-state index in [-0.39, 0.29) is 5.91 Å². The van der Waals surface area contributed by atoms with E-state index in [0.717, 1.165) is 51.3 Å². The van der Waals surface area contributed by atoms with Crippen LogP contribution in [0.2, 0.25) is 0 Å². The van der Waals surface area contributed by atoms with Gasteiger partial charge in [0, 0.05) is 45.4 Å². The lowest BCUT2D eigenvalue weighted by Gasteiger charge is -2.35. The van der Waals surface area contributed by atoms with Gasteiger partial charge in [-0.25, -0.2) is 0 Å². The van der Waals surface area contributed by atoms with Crippen molar-refractivity contribution in [3.63, 3.8) is 0 Å². The molecule has 6 heteroatoms. The minimum absolute atomic E-state index is 0.0561. The summed E-state index contributed by atoms with van der Waals surface area (Å²) in [6.07, 6.45) is 6.19. The highest BCUT2D eigenvalue weighted by Crippen LogP contribution is 2.28. The summed E-state index contributed by atoms with van der Waals surface area (Å²) in [5, 5.41) is 0. The van der Waals surface area contributed by atoms with Crippen LogP contribution in [0.3, 0.4) is 0 Å². The number of rotatable bonds is 7. The maximum atomic E-state index is 12.5. The highest BCUT2D eigenvalue weighted by molar-refractivity contribution is 5.92. The van der Waals surface area contributed by atoms with Crippen molar-refractivity contribution in [2.45, 2.75) is 25.9 Å². The second kappa shape index (κ2) is 9.76. The van der Waals surface area contributed by atoms with Crippen LogP contribution in [0.1, 0.15) is 25.3 Å². The van der Waals surface area contributed by atoms with Crippen molar-refractivity contribution in [1.82, 2.24) is 9.80 Å². The van der Waals surface area contributed by atoms with Gasteiger partial charge < -0.3 is 19.1 Å². The molecule has 0 radical (unpaired) electrons. The number of hydrogen-bond donors (Lipinski definition) is 0. The number of amides is 1. The van der Waals surface area contributed by atoms with Crippen molar-refractivity contribution in [2.75, 3.05) is 53.0 Å². The molecule has 6 nitrogen and oxygen atoms in total. The average molecular weight is 374 g/mol. The highest BCUT2D eigenvalue weighted by Gasteiger charge is 2.24. The first-order chi connectivity index (χ1) is 13.2. The summed E-state index contributed by atoms with van der Waals surface area (Å²) < 4.78 is 16.6. The summed E-state index contributed by atoms with van der Waals surface area (Å²) in [7, 11) is 1.62. The number of ether oxygens (including phenoxy) is 3. The predicted octanol–water partition coefficient (Wildman–Crippen LogP) is 2.43. The van der Waals surface area contributed by atoms with Gasteiger partial charge in [0.2, 0.25) is 5.91 Å². The Morgan fingerprint density at radius 1 is 1.26 bits per heavy atom. The molecule has 2 saturated heterocycles. The van der Waals surface area contributed by atoms with Gasteiger partial charge in [-0.15, -0.1) is 0 Å². The first kappa shape index (κ1) is 19.7. The van der Waals surface area contributed by atoms with Crippen molar-refractivity contribution in [3.05, 3.63) is 29.8 Å². The fourth-order valence-electron chi connectivity index (χ4n) is 3.57. The van der Waals surface area contributed by atoms with E-state index in [4.69, 9.17) is 14.2 Å². The van der Waals surface area contributed by atoms with Gasteiger partial charge in [0.1, 0.15) is 0 Å². The second-order valence-corrected chi connectivity index (χ2v) is 6.94. The van der Waals surface area contributed by atoms with Crippen LogP contribution in [0.15, 0.2) is 24.3 Å². The molecular formula is C21H30N2O4. The van der Waals surface area contributed by atoms with Gasteiger partial charge in [-0.2, -0.15) is 0 Å². The van der Waals surface area contributed by atoms with Crippen LogP contribution in [0.5, 0.6) is 11.5 Å². The van der Waals surface area contributed by atoms with Crippen LogP contribution in [0.4, 0.5) is 0 Å². The zero-order valence-corrected chi connectivity index (χ0v) is 16.4. The van der Waals surface area contributed by atoms with E-state index in [1.807, 2.05) is 36.1 Å². The molecule has 0 N–H and O–H groups in total. The second-order valence-electron chi connectivity index (χ2n) is 6.94. The van der Waals surface area contributed by atoms with Crippen molar-refractivity contribution < 1.29 is 19.0 Å². The average Bonchev–Trinajstić information content (AvgIpc) is 3.20. The molecule has 0 bridgehead atoms.